The second-order valence-corrected chi connectivity index (χ2v) is 18.5. The molecule has 0 radical (unpaired) electrons. The first-order valence-electron chi connectivity index (χ1n) is 23.7. The van der Waals surface area contributed by atoms with Gasteiger partial charge in [-0.2, -0.15) is 0 Å². The highest BCUT2D eigenvalue weighted by Gasteiger charge is 2.21. The predicted octanol–water partition coefficient (Wildman–Crippen LogP) is 13.1. The Morgan fingerprint density at radius 2 is 0.931 bits per heavy atom. The van der Waals surface area contributed by atoms with Gasteiger partial charge in [0, 0.05) is 12.8 Å². The second-order valence-electron chi connectivity index (χ2n) is 17.1. The Balaban J connectivity index is 4.32. The smallest absolute Gasteiger partial charge is 0.306 e. The van der Waals surface area contributed by atoms with Crippen LogP contribution in [0.15, 0.2) is 36.5 Å². The lowest BCUT2D eigenvalue weighted by Gasteiger charge is -2.28. The number of hydrogen-bond acceptors (Lipinski definition) is 8. The summed E-state index contributed by atoms with van der Waals surface area (Å²) in [7, 11) is 1.16. The van der Waals surface area contributed by atoms with Gasteiger partial charge in [0.05, 0.1) is 27.7 Å². The van der Waals surface area contributed by atoms with Crippen LogP contribution in [0.4, 0.5) is 0 Å². The Hall–Kier alpha value is -1.77. The third-order valence-electron chi connectivity index (χ3n) is 10.1. The van der Waals surface area contributed by atoms with E-state index in [-0.39, 0.29) is 26.1 Å². The first kappa shape index (κ1) is 56.2. The van der Waals surface area contributed by atoms with Crippen molar-refractivity contribution < 1.29 is 42.1 Å². The van der Waals surface area contributed by atoms with Gasteiger partial charge in [-0.1, -0.05) is 159 Å². The zero-order valence-corrected chi connectivity index (χ0v) is 39.1. The van der Waals surface area contributed by atoms with E-state index in [0.29, 0.717) is 17.4 Å². The fourth-order valence-corrected chi connectivity index (χ4v) is 7.11. The van der Waals surface area contributed by atoms with Crippen LogP contribution in [-0.2, 0) is 32.7 Å². The van der Waals surface area contributed by atoms with Crippen LogP contribution in [0.3, 0.4) is 0 Å². The van der Waals surface area contributed by atoms with Gasteiger partial charge < -0.3 is 27.9 Å². The van der Waals surface area contributed by atoms with Crippen molar-refractivity contribution in [1.29, 1.82) is 0 Å². The molecule has 0 aliphatic carbocycles. The lowest BCUT2D eigenvalue weighted by molar-refractivity contribution is -0.870. The number of esters is 2. The molecule has 0 aromatic heterocycles. The lowest BCUT2D eigenvalue weighted by Crippen LogP contribution is -2.37. The number of hydrogen-bond donors (Lipinski definition) is 0. The molecule has 0 rings (SSSR count). The fraction of sp³-hybridized carbons (Fsp3) is 0.833. The number of unbranched alkanes of at least 4 members (excludes halogenated alkanes) is 23. The van der Waals surface area contributed by atoms with E-state index in [0.717, 1.165) is 70.6 Å². The summed E-state index contributed by atoms with van der Waals surface area (Å²) in [6.07, 6.45) is 45.9. The van der Waals surface area contributed by atoms with Crippen molar-refractivity contribution in [2.45, 2.75) is 213 Å². The first-order valence-corrected chi connectivity index (χ1v) is 25.2. The molecule has 0 bridgehead atoms. The Morgan fingerprint density at radius 1 is 0.534 bits per heavy atom. The molecule has 0 aliphatic rings. The van der Waals surface area contributed by atoms with Crippen LogP contribution in [-0.4, -0.2) is 70.0 Å². The average Bonchev–Trinajstić information content (AvgIpc) is 3.17. The van der Waals surface area contributed by atoms with Gasteiger partial charge in [0.25, 0.3) is 7.82 Å². The maximum atomic E-state index is 12.7. The molecule has 10 heteroatoms. The van der Waals surface area contributed by atoms with Gasteiger partial charge in [0.1, 0.15) is 19.8 Å². The maximum Gasteiger partial charge on any atom is 0.306 e. The third-order valence-corrected chi connectivity index (χ3v) is 11.1. The molecule has 9 nitrogen and oxygen atoms in total. The normalized spacial score (nSPS) is 13.8. The van der Waals surface area contributed by atoms with Crippen LogP contribution in [0, 0.1) is 0 Å². The number of quaternary nitrogens is 1. The molecular formula is C48H90NO8P. The van der Waals surface area contributed by atoms with Gasteiger partial charge in [0.15, 0.2) is 6.10 Å². The van der Waals surface area contributed by atoms with E-state index >= 15 is 0 Å². The van der Waals surface area contributed by atoms with Crippen LogP contribution < -0.4 is 4.89 Å². The van der Waals surface area contributed by atoms with Crippen LogP contribution in [0.5, 0.6) is 0 Å². The molecule has 0 saturated heterocycles. The van der Waals surface area contributed by atoms with Crippen molar-refractivity contribution in [2.75, 3.05) is 47.5 Å². The predicted molar refractivity (Wildman–Crippen MR) is 241 cm³/mol. The highest BCUT2D eigenvalue weighted by Crippen LogP contribution is 2.38. The van der Waals surface area contributed by atoms with Gasteiger partial charge in [-0.25, -0.2) is 0 Å². The van der Waals surface area contributed by atoms with Gasteiger partial charge >= 0.3 is 11.9 Å². The number of ether oxygens (including phenoxy) is 2. The van der Waals surface area contributed by atoms with Crippen LogP contribution in [0.1, 0.15) is 206 Å². The van der Waals surface area contributed by atoms with Crippen molar-refractivity contribution >= 4 is 19.8 Å². The van der Waals surface area contributed by atoms with Crippen molar-refractivity contribution in [3.63, 3.8) is 0 Å². The summed E-state index contributed by atoms with van der Waals surface area (Å²) in [5.74, 6) is -0.845. The number of phosphoric acid groups is 1. The monoisotopic (exact) mass is 840 g/mol. The van der Waals surface area contributed by atoms with E-state index in [2.05, 4.69) is 50.3 Å². The summed E-state index contributed by atoms with van der Waals surface area (Å²) in [6, 6.07) is 0. The quantitative estimate of drug-likeness (QED) is 0.0196. The van der Waals surface area contributed by atoms with E-state index < -0.39 is 32.5 Å². The summed E-state index contributed by atoms with van der Waals surface area (Å²) >= 11 is 0. The number of allylic oxidation sites excluding steroid dienone is 6. The molecule has 0 fully saturated rings. The minimum absolute atomic E-state index is 0.0329. The molecule has 2 unspecified atom stereocenters. The molecule has 340 valence electrons. The van der Waals surface area contributed by atoms with Gasteiger partial charge in [-0.15, -0.1) is 0 Å². The molecule has 0 amide bonds. The largest absolute Gasteiger partial charge is 0.756 e. The molecule has 0 aliphatic heterocycles. The Kier molecular flexibility index (Phi) is 39.4. The van der Waals surface area contributed by atoms with Crippen LogP contribution >= 0.6 is 7.82 Å². The summed E-state index contributed by atoms with van der Waals surface area (Å²) in [5, 5.41) is 0. The molecule has 0 N–H and O–H groups in total. The van der Waals surface area contributed by atoms with E-state index in [9.17, 15) is 19.0 Å². The number of nitrogens with zero attached hydrogens (tertiary/aromatic N) is 1. The molecular weight excluding hydrogens is 750 g/mol. The number of likely N-dealkylation sites (N-methyl/N-ethyl adjacent to an activating group) is 1. The van der Waals surface area contributed by atoms with Crippen molar-refractivity contribution in [3.8, 4) is 0 Å². The summed E-state index contributed by atoms with van der Waals surface area (Å²) in [6.45, 7) is 4.20. The summed E-state index contributed by atoms with van der Waals surface area (Å²) in [4.78, 5) is 37.6. The Labute approximate surface area is 357 Å². The minimum Gasteiger partial charge on any atom is -0.756 e. The topological polar surface area (TPSA) is 111 Å². The molecule has 58 heavy (non-hydrogen) atoms. The van der Waals surface area contributed by atoms with Crippen LogP contribution in [0.2, 0.25) is 0 Å². The van der Waals surface area contributed by atoms with Gasteiger partial charge in [0.2, 0.25) is 0 Å². The van der Waals surface area contributed by atoms with Crippen molar-refractivity contribution in [2.24, 2.45) is 0 Å². The summed E-state index contributed by atoms with van der Waals surface area (Å²) < 4.78 is 34.0. The van der Waals surface area contributed by atoms with E-state index in [1.54, 1.807) is 0 Å². The molecule has 0 spiro atoms. The fourth-order valence-electron chi connectivity index (χ4n) is 6.39. The highest BCUT2D eigenvalue weighted by molar-refractivity contribution is 7.45. The number of carbonyl (C=O) groups excluding carboxylic acids is 2. The number of carbonyl (C=O) groups is 2. The van der Waals surface area contributed by atoms with E-state index in [1.165, 1.54) is 103 Å². The molecule has 2 atom stereocenters. The maximum absolute atomic E-state index is 12.7. The molecule has 0 aromatic rings. The summed E-state index contributed by atoms with van der Waals surface area (Å²) in [5.41, 5.74) is 0. The van der Waals surface area contributed by atoms with E-state index in [4.69, 9.17) is 18.5 Å². The molecule has 0 heterocycles. The van der Waals surface area contributed by atoms with Gasteiger partial charge in [-0.3, -0.25) is 14.2 Å². The number of phosphoric ester groups is 1. The van der Waals surface area contributed by atoms with Crippen molar-refractivity contribution in [3.05, 3.63) is 36.5 Å². The SMILES string of the molecule is CCCCC/C=C\C/C=C\CCCCCCCCCCCC(=O)OC(COC(=O)CCCCCCC/C=C\CCCCCCCC)COP(=O)([O-])OCC[N+](C)(C)C. The second kappa shape index (κ2) is 40.6. The lowest BCUT2D eigenvalue weighted by atomic mass is 10.1. The van der Waals surface area contributed by atoms with Gasteiger partial charge in [-0.05, 0) is 70.6 Å². The minimum atomic E-state index is -4.63. The zero-order chi connectivity index (χ0) is 42.8. The van der Waals surface area contributed by atoms with Crippen molar-refractivity contribution in [1.82, 2.24) is 0 Å². The average molecular weight is 840 g/mol. The zero-order valence-electron chi connectivity index (χ0n) is 38.2. The highest BCUT2D eigenvalue weighted by atomic mass is 31.2. The van der Waals surface area contributed by atoms with Crippen LogP contribution in [0.25, 0.3) is 0 Å². The Bertz CT molecular complexity index is 1090. The molecule has 0 aromatic carbocycles. The number of rotatable bonds is 43. The molecule has 0 saturated carbocycles. The Morgan fingerprint density at radius 3 is 1.41 bits per heavy atom. The van der Waals surface area contributed by atoms with E-state index in [1.807, 2.05) is 21.1 Å². The third kappa shape index (κ3) is 43.8. The standard InChI is InChI=1S/C48H90NO8P/c1-6-8-10-12-14-16-18-20-22-23-24-25-27-29-31-33-35-37-39-41-48(51)57-46(45-56-58(52,53)55-43-42-49(3,4)5)44-54-47(50)40-38-36-34-32-30-28-26-21-19-17-15-13-11-9-7-2/h14,16,20-22,26,46H,6-13,15,17-19,23-25,27-45H2,1-5H3/b16-14-,22-20-,26-21-. The first-order chi connectivity index (χ1) is 28.0.